The van der Waals surface area contributed by atoms with Gasteiger partial charge in [0, 0.05) is 45.3 Å². The normalized spacial score (nSPS) is 10.5. The predicted octanol–water partition coefficient (Wildman–Crippen LogP) is 2.38. The third kappa shape index (κ3) is 2.18. The van der Waals surface area contributed by atoms with Gasteiger partial charge in [0.1, 0.15) is 11.6 Å². The SMILES string of the molecule is COc1ccc2nc(N(C)C)cc(N(C)C)c2c1. The Morgan fingerprint density at radius 1 is 1.00 bits per heavy atom. The van der Waals surface area contributed by atoms with Crippen molar-refractivity contribution in [3.05, 3.63) is 24.3 Å². The number of pyridine rings is 1. The van der Waals surface area contributed by atoms with Gasteiger partial charge >= 0.3 is 0 Å². The maximum absolute atomic E-state index is 5.28. The van der Waals surface area contributed by atoms with Crippen molar-refractivity contribution < 1.29 is 4.74 Å². The molecule has 0 aliphatic heterocycles. The molecule has 2 aromatic rings. The summed E-state index contributed by atoms with van der Waals surface area (Å²) in [6.45, 7) is 0. The van der Waals surface area contributed by atoms with Gasteiger partial charge in [0.05, 0.1) is 12.6 Å². The molecular formula is C14H19N3O. The van der Waals surface area contributed by atoms with Gasteiger partial charge in [-0.25, -0.2) is 4.98 Å². The summed E-state index contributed by atoms with van der Waals surface area (Å²) in [5.74, 6) is 1.81. The third-order valence-electron chi connectivity index (χ3n) is 2.92. The van der Waals surface area contributed by atoms with E-state index in [-0.39, 0.29) is 0 Å². The fraction of sp³-hybridized carbons (Fsp3) is 0.357. The highest BCUT2D eigenvalue weighted by molar-refractivity contribution is 5.94. The lowest BCUT2D eigenvalue weighted by atomic mass is 10.1. The minimum atomic E-state index is 0.852. The molecule has 0 bridgehead atoms. The van der Waals surface area contributed by atoms with Crippen molar-refractivity contribution in [1.29, 1.82) is 0 Å². The Labute approximate surface area is 108 Å². The van der Waals surface area contributed by atoms with E-state index in [4.69, 9.17) is 4.74 Å². The molecule has 4 heteroatoms. The van der Waals surface area contributed by atoms with E-state index in [2.05, 4.69) is 16.0 Å². The zero-order valence-corrected chi connectivity index (χ0v) is 11.6. The summed E-state index contributed by atoms with van der Waals surface area (Å²) in [5, 5.41) is 1.10. The van der Waals surface area contributed by atoms with Crippen LogP contribution < -0.4 is 14.5 Å². The molecule has 1 aromatic heterocycles. The van der Waals surface area contributed by atoms with Crippen LogP contribution in [0, 0.1) is 0 Å². The molecule has 96 valence electrons. The number of hydrogen-bond acceptors (Lipinski definition) is 4. The van der Waals surface area contributed by atoms with Gasteiger partial charge in [-0.3, -0.25) is 0 Å². The van der Waals surface area contributed by atoms with E-state index in [0.29, 0.717) is 0 Å². The summed E-state index contributed by atoms with van der Waals surface area (Å²) in [5.41, 5.74) is 2.12. The number of benzene rings is 1. The lowest BCUT2D eigenvalue weighted by molar-refractivity contribution is 0.415. The first-order valence-electron chi connectivity index (χ1n) is 5.86. The van der Waals surface area contributed by atoms with E-state index in [1.807, 2.05) is 51.3 Å². The fourth-order valence-corrected chi connectivity index (χ4v) is 1.90. The molecule has 0 atom stereocenters. The molecule has 0 fully saturated rings. The quantitative estimate of drug-likeness (QED) is 0.830. The van der Waals surface area contributed by atoms with Gasteiger partial charge in [0.2, 0.25) is 0 Å². The fourth-order valence-electron chi connectivity index (χ4n) is 1.90. The van der Waals surface area contributed by atoms with Crippen molar-refractivity contribution in [2.24, 2.45) is 0 Å². The van der Waals surface area contributed by atoms with Crippen molar-refractivity contribution in [3.8, 4) is 5.75 Å². The lowest BCUT2D eigenvalue weighted by Crippen LogP contribution is -2.14. The smallest absolute Gasteiger partial charge is 0.130 e. The van der Waals surface area contributed by atoms with Crippen LogP contribution in [0.5, 0.6) is 5.75 Å². The number of ether oxygens (including phenoxy) is 1. The molecule has 2 rings (SSSR count). The van der Waals surface area contributed by atoms with Crippen molar-refractivity contribution in [1.82, 2.24) is 4.98 Å². The highest BCUT2D eigenvalue weighted by atomic mass is 16.5. The minimum Gasteiger partial charge on any atom is -0.497 e. The Balaban J connectivity index is 2.73. The molecule has 18 heavy (non-hydrogen) atoms. The molecule has 0 aliphatic carbocycles. The van der Waals surface area contributed by atoms with E-state index in [1.54, 1.807) is 7.11 Å². The van der Waals surface area contributed by atoms with Gasteiger partial charge < -0.3 is 14.5 Å². The van der Waals surface area contributed by atoms with Crippen LogP contribution in [0.2, 0.25) is 0 Å². The van der Waals surface area contributed by atoms with E-state index in [9.17, 15) is 0 Å². The van der Waals surface area contributed by atoms with Crippen LogP contribution in [0.1, 0.15) is 0 Å². The highest BCUT2D eigenvalue weighted by Crippen LogP contribution is 2.30. The molecule has 0 saturated carbocycles. The number of fused-ring (bicyclic) bond motifs is 1. The molecule has 1 aromatic carbocycles. The van der Waals surface area contributed by atoms with Crippen LogP contribution in [-0.4, -0.2) is 40.3 Å². The van der Waals surface area contributed by atoms with Gasteiger partial charge in [0.15, 0.2) is 0 Å². The maximum atomic E-state index is 5.28. The number of rotatable bonds is 3. The second kappa shape index (κ2) is 4.72. The monoisotopic (exact) mass is 245 g/mol. The van der Waals surface area contributed by atoms with Crippen LogP contribution >= 0.6 is 0 Å². The summed E-state index contributed by atoms with van der Waals surface area (Å²) in [7, 11) is 9.74. The summed E-state index contributed by atoms with van der Waals surface area (Å²) in [6, 6.07) is 8.04. The molecule has 0 unspecified atom stereocenters. The van der Waals surface area contributed by atoms with Gasteiger partial charge in [0.25, 0.3) is 0 Å². The Bertz CT molecular complexity index is 564. The van der Waals surface area contributed by atoms with Gasteiger partial charge in [-0.2, -0.15) is 0 Å². The van der Waals surface area contributed by atoms with Crippen LogP contribution in [0.15, 0.2) is 24.3 Å². The maximum Gasteiger partial charge on any atom is 0.130 e. The van der Waals surface area contributed by atoms with Crippen LogP contribution in [0.4, 0.5) is 11.5 Å². The summed E-state index contributed by atoms with van der Waals surface area (Å²) in [4.78, 5) is 8.74. The summed E-state index contributed by atoms with van der Waals surface area (Å²) >= 11 is 0. The van der Waals surface area contributed by atoms with Crippen LogP contribution in [0.25, 0.3) is 10.9 Å². The second-order valence-corrected chi connectivity index (χ2v) is 4.67. The van der Waals surface area contributed by atoms with Crippen LogP contribution in [-0.2, 0) is 0 Å². The first-order chi connectivity index (χ1) is 8.52. The topological polar surface area (TPSA) is 28.6 Å². The molecule has 4 nitrogen and oxygen atoms in total. The van der Waals surface area contributed by atoms with Crippen molar-refractivity contribution in [2.75, 3.05) is 45.1 Å². The average molecular weight is 245 g/mol. The number of methoxy groups -OCH3 is 1. The predicted molar refractivity (Wildman–Crippen MR) is 76.9 cm³/mol. The van der Waals surface area contributed by atoms with Crippen LogP contribution in [0.3, 0.4) is 0 Å². The molecule has 0 aliphatic rings. The highest BCUT2D eigenvalue weighted by Gasteiger charge is 2.09. The van der Waals surface area contributed by atoms with Crippen molar-refractivity contribution in [3.63, 3.8) is 0 Å². The Kier molecular flexibility index (Phi) is 3.28. The molecule has 0 saturated heterocycles. The largest absolute Gasteiger partial charge is 0.497 e. The molecular weight excluding hydrogens is 226 g/mol. The number of nitrogens with zero attached hydrogens (tertiary/aromatic N) is 3. The minimum absolute atomic E-state index is 0.852. The van der Waals surface area contributed by atoms with E-state index < -0.39 is 0 Å². The molecule has 0 amide bonds. The van der Waals surface area contributed by atoms with E-state index in [1.165, 1.54) is 0 Å². The first kappa shape index (κ1) is 12.5. The van der Waals surface area contributed by atoms with Crippen molar-refractivity contribution >= 4 is 22.4 Å². The van der Waals surface area contributed by atoms with E-state index in [0.717, 1.165) is 28.2 Å². The number of anilines is 2. The average Bonchev–Trinajstić information content (AvgIpc) is 2.36. The Hall–Kier alpha value is -1.97. The van der Waals surface area contributed by atoms with Gasteiger partial charge in [-0.15, -0.1) is 0 Å². The third-order valence-corrected chi connectivity index (χ3v) is 2.92. The molecule has 1 heterocycles. The zero-order valence-electron chi connectivity index (χ0n) is 11.6. The second-order valence-electron chi connectivity index (χ2n) is 4.67. The Morgan fingerprint density at radius 3 is 2.28 bits per heavy atom. The van der Waals surface area contributed by atoms with Crippen molar-refractivity contribution in [2.45, 2.75) is 0 Å². The molecule has 0 spiro atoms. The first-order valence-corrected chi connectivity index (χ1v) is 5.86. The lowest BCUT2D eigenvalue weighted by Gasteiger charge is -2.20. The standard InChI is InChI=1S/C14H19N3O/c1-16(2)13-9-14(17(3)4)15-12-7-6-10(18-5)8-11(12)13/h6-9H,1-5H3. The number of aromatic nitrogens is 1. The molecule has 0 N–H and O–H groups in total. The van der Waals surface area contributed by atoms with Gasteiger partial charge in [-0.1, -0.05) is 0 Å². The van der Waals surface area contributed by atoms with Gasteiger partial charge in [-0.05, 0) is 18.2 Å². The number of hydrogen-bond donors (Lipinski definition) is 0. The summed E-state index contributed by atoms with van der Waals surface area (Å²) < 4.78 is 5.28. The Morgan fingerprint density at radius 2 is 1.72 bits per heavy atom. The van der Waals surface area contributed by atoms with E-state index >= 15 is 0 Å². The summed E-state index contributed by atoms with van der Waals surface area (Å²) in [6.07, 6.45) is 0. The zero-order chi connectivity index (χ0) is 13.3. The molecule has 0 radical (unpaired) electrons.